The summed E-state index contributed by atoms with van der Waals surface area (Å²) in [5.41, 5.74) is 0.912. The normalized spacial score (nSPS) is 17.7. The Morgan fingerprint density at radius 2 is 2.09 bits per heavy atom. The highest BCUT2D eigenvalue weighted by Gasteiger charge is 2.32. The molecule has 0 saturated carbocycles. The molecule has 1 aromatic carbocycles. The molecule has 1 heterocycles. The van der Waals surface area contributed by atoms with Gasteiger partial charge in [-0.1, -0.05) is 12.1 Å². The molecule has 0 aliphatic carbocycles. The third kappa shape index (κ3) is 4.44. The summed E-state index contributed by atoms with van der Waals surface area (Å²) in [6.07, 6.45) is 0.236. The lowest BCUT2D eigenvalue weighted by Crippen LogP contribution is -2.36. The van der Waals surface area contributed by atoms with Crippen LogP contribution in [-0.4, -0.2) is 42.1 Å². The molecular formula is C16H21FN2O3. The number of amides is 2. The Labute approximate surface area is 129 Å². The second-order valence-corrected chi connectivity index (χ2v) is 5.68. The molecule has 0 radical (unpaired) electrons. The Hall–Kier alpha value is -2.11. The molecule has 0 bridgehead atoms. The number of rotatable bonds is 6. The largest absolute Gasteiger partial charge is 0.442 e. The second kappa shape index (κ2) is 7.24. The molecule has 1 fully saturated rings. The number of ether oxygens (including phenoxy) is 1. The van der Waals surface area contributed by atoms with E-state index in [0.717, 1.165) is 5.56 Å². The van der Waals surface area contributed by atoms with E-state index in [0.29, 0.717) is 25.9 Å². The molecule has 1 unspecified atom stereocenters. The molecule has 0 spiro atoms. The fraction of sp³-hybridized carbons (Fsp3) is 0.500. The summed E-state index contributed by atoms with van der Waals surface area (Å²) >= 11 is 0. The first-order valence-electron chi connectivity index (χ1n) is 7.44. The van der Waals surface area contributed by atoms with Gasteiger partial charge in [-0.3, -0.25) is 4.79 Å². The minimum absolute atomic E-state index is 0.0895. The van der Waals surface area contributed by atoms with E-state index in [1.165, 1.54) is 12.1 Å². The summed E-state index contributed by atoms with van der Waals surface area (Å²) in [6.45, 7) is 4.65. The lowest BCUT2D eigenvalue weighted by Gasteiger charge is -2.16. The van der Waals surface area contributed by atoms with Crippen LogP contribution in [0.4, 0.5) is 9.18 Å². The average molecular weight is 308 g/mol. The van der Waals surface area contributed by atoms with Gasteiger partial charge in [-0.05, 0) is 38.0 Å². The van der Waals surface area contributed by atoms with Crippen LogP contribution in [0.2, 0.25) is 0 Å². The third-order valence-electron chi connectivity index (χ3n) is 3.61. The van der Waals surface area contributed by atoms with Crippen LogP contribution in [0.5, 0.6) is 0 Å². The molecule has 22 heavy (non-hydrogen) atoms. The van der Waals surface area contributed by atoms with Crippen LogP contribution in [0.15, 0.2) is 24.3 Å². The van der Waals surface area contributed by atoms with Crippen LogP contribution < -0.4 is 5.32 Å². The number of halogens is 1. The van der Waals surface area contributed by atoms with Crippen LogP contribution in [0.25, 0.3) is 0 Å². The van der Waals surface area contributed by atoms with Gasteiger partial charge < -0.3 is 15.0 Å². The molecule has 2 amide bonds. The Kier molecular flexibility index (Phi) is 5.35. The maximum Gasteiger partial charge on any atom is 0.410 e. The smallest absolute Gasteiger partial charge is 0.410 e. The summed E-state index contributed by atoms with van der Waals surface area (Å²) < 4.78 is 18.0. The standard InChI is InChI=1S/C16H21FN2O3/c1-11(2)19-10-14(22-16(19)21)9-18-15(20)8-5-12-3-6-13(17)7-4-12/h3-4,6-7,11,14H,5,8-10H2,1-2H3,(H,18,20). The highest BCUT2D eigenvalue weighted by atomic mass is 19.1. The quantitative estimate of drug-likeness (QED) is 0.875. The maximum absolute atomic E-state index is 12.8. The summed E-state index contributed by atoms with van der Waals surface area (Å²) in [6, 6.07) is 6.19. The monoisotopic (exact) mass is 308 g/mol. The molecule has 0 aromatic heterocycles. The third-order valence-corrected chi connectivity index (χ3v) is 3.61. The maximum atomic E-state index is 12.8. The predicted octanol–water partition coefficient (Wildman–Crippen LogP) is 2.10. The van der Waals surface area contributed by atoms with Gasteiger partial charge in [0.1, 0.15) is 11.9 Å². The Morgan fingerprint density at radius 3 is 2.68 bits per heavy atom. The van der Waals surface area contributed by atoms with Gasteiger partial charge in [-0.2, -0.15) is 0 Å². The molecule has 120 valence electrons. The lowest BCUT2D eigenvalue weighted by molar-refractivity contribution is -0.121. The highest BCUT2D eigenvalue weighted by molar-refractivity contribution is 5.76. The number of carbonyl (C=O) groups is 2. The van der Waals surface area contributed by atoms with Crippen molar-refractivity contribution in [3.63, 3.8) is 0 Å². The molecule has 1 saturated heterocycles. The van der Waals surface area contributed by atoms with E-state index in [1.54, 1.807) is 17.0 Å². The van der Waals surface area contributed by atoms with E-state index < -0.39 is 0 Å². The first-order valence-corrected chi connectivity index (χ1v) is 7.44. The number of nitrogens with zero attached hydrogens (tertiary/aromatic N) is 1. The van der Waals surface area contributed by atoms with Gasteiger partial charge in [0, 0.05) is 12.5 Å². The van der Waals surface area contributed by atoms with Gasteiger partial charge in [0.2, 0.25) is 5.91 Å². The van der Waals surface area contributed by atoms with Crippen molar-refractivity contribution in [1.82, 2.24) is 10.2 Å². The van der Waals surface area contributed by atoms with Crippen molar-refractivity contribution in [2.75, 3.05) is 13.1 Å². The van der Waals surface area contributed by atoms with Gasteiger partial charge in [0.15, 0.2) is 0 Å². The first kappa shape index (κ1) is 16.3. The minimum Gasteiger partial charge on any atom is -0.442 e. The van der Waals surface area contributed by atoms with E-state index in [1.807, 2.05) is 13.8 Å². The lowest BCUT2D eigenvalue weighted by atomic mass is 10.1. The average Bonchev–Trinajstić information content (AvgIpc) is 2.86. The summed E-state index contributed by atoms with van der Waals surface area (Å²) in [7, 11) is 0. The van der Waals surface area contributed by atoms with E-state index in [2.05, 4.69) is 5.32 Å². The zero-order valence-corrected chi connectivity index (χ0v) is 12.8. The molecule has 1 atom stereocenters. The summed E-state index contributed by atoms with van der Waals surface area (Å²) in [5, 5.41) is 2.77. The van der Waals surface area contributed by atoms with E-state index in [9.17, 15) is 14.0 Å². The number of hydrogen-bond acceptors (Lipinski definition) is 3. The van der Waals surface area contributed by atoms with Crippen molar-refractivity contribution in [1.29, 1.82) is 0 Å². The van der Waals surface area contributed by atoms with Crippen LogP contribution in [0.1, 0.15) is 25.8 Å². The van der Waals surface area contributed by atoms with Gasteiger partial charge in [-0.15, -0.1) is 0 Å². The zero-order valence-electron chi connectivity index (χ0n) is 12.8. The fourth-order valence-electron chi connectivity index (χ4n) is 2.29. The Balaban J connectivity index is 1.70. The van der Waals surface area contributed by atoms with Crippen LogP contribution in [-0.2, 0) is 16.0 Å². The second-order valence-electron chi connectivity index (χ2n) is 5.68. The molecule has 6 heteroatoms. The number of carbonyl (C=O) groups excluding carboxylic acids is 2. The van der Waals surface area contributed by atoms with Crippen LogP contribution in [0, 0.1) is 5.82 Å². The van der Waals surface area contributed by atoms with Crippen molar-refractivity contribution in [2.24, 2.45) is 0 Å². The van der Waals surface area contributed by atoms with E-state index in [-0.39, 0.29) is 30.0 Å². The van der Waals surface area contributed by atoms with Crippen molar-refractivity contribution in [3.8, 4) is 0 Å². The van der Waals surface area contributed by atoms with Crippen molar-refractivity contribution < 1.29 is 18.7 Å². The molecule has 5 nitrogen and oxygen atoms in total. The molecule has 2 rings (SSSR count). The zero-order chi connectivity index (χ0) is 16.1. The van der Waals surface area contributed by atoms with Gasteiger partial charge >= 0.3 is 6.09 Å². The molecular weight excluding hydrogens is 287 g/mol. The van der Waals surface area contributed by atoms with Gasteiger partial charge in [-0.25, -0.2) is 9.18 Å². The summed E-state index contributed by atoms with van der Waals surface area (Å²) in [5.74, 6) is -0.394. The number of hydrogen-bond donors (Lipinski definition) is 1. The van der Waals surface area contributed by atoms with Crippen LogP contribution in [0.3, 0.4) is 0 Å². The molecule has 1 N–H and O–H groups in total. The molecule has 1 aliphatic rings. The predicted molar refractivity (Wildman–Crippen MR) is 79.8 cm³/mol. The first-order chi connectivity index (χ1) is 10.5. The fourth-order valence-corrected chi connectivity index (χ4v) is 2.29. The highest BCUT2D eigenvalue weighted by Crippen LogP contribution is 2.13. The van der Waals surface area contributed by atoms with Crippen molar-refractivity contribution >= 4 is 12.0 Å². The Bertz CT molecular complexity index is 531. The molecule has 1 aliphatic heterocycles. The Morgan fingerprint density at radius 1 is 1.41 bits per heavy atom. The number of benzene rings is 1. The van der Waals surface area contributed by atoms with E-state index >= 15 is 0 Å². The van der Waals surface area contributed by atoms with Gasteiger partial charge in [0.05, 0.1) is 13.1 Å². The van der Waals surface area contributed by atoms with Crippen LogP contribution >= 0.6 is 0 Å². The summed E-state index contributed by atoms with van der Waals surface area (Å²) in [4.78, 5) is 25.0. The number of nitrogens with one attached hydrogen (secondary N) is 1. The topological polar surface area (TPSA) is 58.6 Å². The SMILES string of the molecule is CC(C)N1CC(CNC(=O)CCc2ccc(F)cc2)OC1=O. The van der Waals surface area contributed by atoms with E-state index in [4.69, 9.17) is 4.74 Å². The van der Waals surface area contributed by atoms with Gasteiger partial charge in [0.25, 0.3) is 0 Å². The number of cyclic esters (lactones) is 1. The molecule has 1 aromatic rings. The van der Waals surface area contributed by atoms with Crippen molar-refractivity contribution in [2.45, 2.75) is 38.8 Å². The number of aryl methyl sites for hydroxylation is 1. The van der Waals surface area contributed by atoms with Crippen molar-refractivity contribution in [3.05, 3.63) is 35.6 Å². The minimum atomic E-state index is -0.333.